The second kappa shape index (κ2) is 4.98. The quantitative estimate of drug-likeness (QED) is 0.677. The van der Waals surface area contributed by atoms with Gasteiger partial charge in [0.05, 0.1) is 0 Å². The van der Waals surface area contributed by atoms with Crippen molar-refractivity contribution >= 4 is 5.91 Å². The Bertz CT molecular complexity index is 304. The molecule has 0 bridgehead atoms. The van der Waals surface area contributed by atoms with Crippen LogP contribution in [-0.2, 0) is 0 Å². The number of aromatic nitrogens is 1. The van der Waals surface area contributed by atoms with E-state index in [0.717, 1.165) is 6.54 Å². The minimum absolute atomic E-state index is 0.0517. The number of carbonyl (C=O) groups excluding carboxylic acids is 1. The van der Waals surface area contributed by atoms with Crippen LogP contribution in [0.4, 0.5) is 0 Å². The third-order valence-electron chi connectivity index (χ3n) is 2.23. The molecule has 0 saturated carbocycles. The highest BCUT2D eigenvalue weighted by molar-refractivity contribution is 5.92. The Balaban J connectivity index is 2.40. The zero-order chi connectivity index (χ0) is 11.3. The summed E-state index contributed by atoms with van der Waals surface area (Å²) in [6.07, 6.45) is 1.74. The topological polar surface area (TPSA) is 56.9 Å². The van der Waals surface area contributed by atoms with Gasteiger partial charge in [0, 0.05) is 19.3 Å². The molecule has 0 aliphatic rings. The smallest absolute Gasteiger partial charge is 0.267 e. The molecule has 4 heteroatoms. The summed E-state index contributed by atoms with van der Waals surface area (Å²) in [6, 6.07) is 3.58. The van der Waals surface area contributed by atoms with Crippen LogP contribution in [0.2, 0.25) is 0 Å². The Morgan fingerprint density at radius 3 is 2.73 bits per heavy atom. The summed E-state index contributed by atoms with van der Waals surface area (Å²) in [6.45, 7) is 5.75. The van der Waals surface area contributed by atoms with Gasteiger partial charge in [0.1, 0.15) is 5.69 Å². The second-order valence-electron chi connectivity index (χ2n) is 4.46. The lowest BCUT2D eigenvalue weighted by Crippen LogP contribution is -2.39. The fourth-order valence-electron chi connectivity index (χ4n) is 1.43. The summed E-state index contributed by atoms with van der Waals surface area (Å²) in [4.78, 5) is 14.5. The van der Waals surface area contributed by atoms with E-state index in [1.165, 1.54) is 0 Å². The van der Waals surface area contributed by atoms with E-state index in [0.29, 0.717) is 12.2 Å². The van der Waals surface area contributed by atoms with Crippen LogP contribution in [0, 0.1) is 5.41 Å². The molecule has 0 unspecified atom stereocenters. The van der Waals surface area contributed by atoms with Gasteiger partial charge in [0.15, 0.2) is 0 Å². The number of nitrogens with one attached hydrogen (secondary N) is 3. The molecule has 0 atom stereocenters. The fourth-order valence-corrected chi connectivity index (χ4v) is 1.43. The van der Waals surface area contributed by atoms with Crippen LogP contribution in [0.5, 0.6) is 0 Å². The van der Waals surface area contributed by atoms with Crippen LogP contribution >= 0.6 is 0 Å². The predicted molar refractivity (Wildman–Crippen MR) is 60.8 cm³/mol. The molecule has 0 fully saturated rings. The molecule has 1 aromatic heterocycles. The summed E-state index contributed by atoms with van der Waals surface area (Å²) < 4.78 is 0. The lowest BCUT2D eigenvalue weighted by Gasteiger charge is -2.24. The first kappa shape index (κ1) is 11.8. The van der Waals surface area contributed by atoms with E-state index >= 15 is 0 Å². The molecule has 1 rings (SSSR count). The van der Waals surface area contributed by atoms with Crippen LogP contribution < -0.4 is 10.6 Å². The van der Waals surface area contributed by atoms with Gasteiger partial charge in [-0.25, -0.2) is 0 Å². The van der Waals surface area contributed by atoms with Crippen molar-refractivity contribution in [2.45, 2.75) is 13.8 Å². The molecule has 0 saturated heterocycles. The van der Waals surface area contributed by atoms with Crippen LogP contribution in [-0.4, -0.2) is 31.0 Å². The van der Waals surface area contributed by atoms with E-state index in [2.05, 4.69) is 29.5 Å². The first-order chi connectivity index (χ1) is 7.05. The summed E-state index contributed by atoms with van der Waals surface area (Å²) in [5, 5.41) is 6.01. The van der Waals surface area contributed by atoms with Gasteiger partial charge in [-0.2, -0.15) is 0 Å². The second-order valence-corrected chi connectivity index (χ2v) is 4.46. The van der Waals surface area contributed by atoms with E-state index < -0.39 is 0 Å². The first-order valence-corrected chi connectivity index (χ1v) is 5.11. The van der Waals surface area contributed by atoms with E-state index in [4.69, 9.17) is 0 Å². The largest absolute Gasteiger partial charge is 0.357 e. The summed E-state index contributed by atoms with van der Waals surface area (Å²) in [7, 11) is 1.91. The van der Waals surface area contributed by atoms with Gasteiger partial charge in [0.2, 0.25) is 0 Å². The standard InChI is InChI=1S/C11H19N3O/c1-11(2,7-12-3)8-14-10(15)9-5-4-6-13-9/h4-6,12-13H,7-8H2,1-3H3,(H,14,15). The monoisotopic (exact) mass is 209 g/mol. The third kappa shape index (κ3) is 3.75. The number of aromatic amines is 1. The van der Waals surface area contributed by atoms with Gasteiger partial charge in [-0.1, -0.05) is 13.8 Å². The maximum atomic E-state index is 11.6. The van der Waals surface area contributed by atoms with Crippen molar-refractivity contribution in [3.63, 3.8) is 0 Å². The van der Waals surface area contributed by atoms with Gasteiger partial charge in [-0.05, 0) is 24.6 Å². The predicted octanol–water partition coefficient (Wildman–Crippen LogP) is 0.990. The molecule has 1 amide bonds. The Kier molecular flexibility index (Phi) is 3.91. The zero-order valence-corrected chi connectivity index (χ0v) is 9.55. The number of hydrogen-bond donors (Lipinski definition) is 3. The Labute approximate surface area is 90.5 Å². The molecular weight excluding hydrogens is 190 g/mol. The maximum absolute atomic E-state index is 11.6. The minimum atomic E-state index is -0.0517. The number of carbonyl (C=O) groups is 1. The Morgan fingerprint density at radius 2 is 2.20 bits per heavy atom. The van der Waals surface area contributed by atoms with E-state index in [1.54, 1.807) is 12.3 Å². The van der Waals surface area contributed by atoms with Gasteiger partial charge in [-0.15, -0.1) is 0 Å². The van der Waals surface area contributed by atoms with E-state index in [1.807, 2.05) is 13.1 Å². The molecule has 0 aliphatic carbocycles. The van der Waals surface area contributed by atoms with Crippen molar-refractivity contribution < 1.29 is 4.79 Å². The molecule has 4 nitrogen and oxygen atoms in total. The summed E-state index contributed by atoms with van der Waals surface area (Å²) in [5.74, 6) is -0.0517. The van der Waals surface area contributed by atoms with Crippen molar-refractivity contribution in [1.82, 2.24) is 15.6 Å². The maximum Gasteiger partial charge on any atom is 0.267 e. The van der Waals surface area contributed by atoms with Crippen LogP contribution in [0.3, 0.4) is 0 Å². The minimum Gasteiger partial charge on any atom is -0.357 e. The first-order valence-electron chi connectivity index (χ1n) is 5.11. The van der Waals surface area contributed by atoms with Crippen molar-refractivity contribution in [1.29, 1.82) is 0 Å². The molecule has 1 heterocycles. The molecule has 0 radical (unpaired) electrons. The Morgan fingerprint density at radius 1 is 1.47 bits per heavy atom. The van der Waals surface area contributed by atoms with Gasteiger partial charge in [0.25, 0.3) is 5.91 Å². The number of hydrogen-bond acceptors (Lipinski definition) is 2. The molecular formula is C11H19N3O. The average molecular weight is 209 g/mol. The Hall–Kier alpha value is -1.29. The van der Waals surface area contributed by atoms with Crippen molar-refractivity contribution in [2.24, 2.45) is 5.41 Å². The molecule has 1 aromatic rings. The van der Waals surface area contributed by atoms with E-state index in [-0.39, 0.29) is 11.3 Å². The molecule has 15 heavy (non-hydrogen) atoms. The van der Waals surface area contributed by atoms with Crippen molar-refractivity contribution in [2.75, 3.05) is 20.1 Å². The fraction of sp³-hybridized carbons (Fsp3) is 0.545. The van der Waals surface area contributed by atoms with Gasteiger partial charge >= 0.3 is 0 Å². The van der Waals surface area contributed by atoms with Crippen molar-refractivity contribution in [3.8, 4) is 0 Å². The number of rotatable bonds is 5. The lowest BCUT2D eigenvalue weighted by atomic mass is 9.93. The number of amides is 1. The normalized spacial score (nSPS) is 11.4. The molecule has 0 spiro atoms. The SMILES string of the molecule is CNCC(C)(C)CNC(=O)c1ccc[nH]1. The van der Waals surface area contributed by atoms with E-state index in [9.17, 15) is 4.79 Å². The molecule has 84 valence electrons. The lowest BCUT2D eigenvalue weighted by molar-refractivity contribution is 0.0932. The van der Waals surface area contributed by atoms with Gasteiger partial charge < -0.3 is 15.6 Å². The highest BCUT2D eigenvalue weighted by Crippen LogP contribution is 2.11. The number of H-pyrrole nitrogens is 1. The highest BCUT2D eigenvalue weighted by Gasteiger charge is 2.18. The third-order valence-corrected chi connectivity index (χ3v) is 2.23. The molecule has 3 N–H and O–H groups in total. The van der Waals surface area contributed by atoms with Gasteiger partial charge in [-0.3, -0.25) is 4.79 Å². The molecule has 0 aromatic carbocycles. The highest BCUT2D eigenvalue weighted by atomic mass is 16.1. The van der Waals surface area contributed by atoms with Crippen LogP contribution in [0.25, 0.3) is 0 Å². The average Bonchev–Trinajstić information content (AvgIpc) is 2.67. The molecule has 0 aliphatic heterocycles. The zero-order valence-electron chi connectivity index (χ0n) is 9.55. The summed E-state index contributed by atoms with van der Waals surface area (Å²) >= 11 is 0. The van der Waals surface area contributed by atoms with Crippen molar-refractivity contribution in [3.05, 3.63) is 24.0 Å². The van der Waals surface area contributed by atoms with Crippen LogP contribution in [0.15, 0.2) is 18.3 Å². The van der Waals surface area contributed by atoms with Crippen LogP contribution in [0.1, 0.15) is 24.3 Å². The summed E-state index contributed by atoms with van der Waals surface area (Å²) in [5.41, 5.74) is 0.673.